The molecule has 0 saturated carbocycles. The van der Waals surface area contributed by atoms with Gasteiger partial charge < -0.3 is 9.47 Å². The molecule has 4 nitrogen and oxygen atoms in total. The van der Waals surface area contributed by atoms with Crippen LogP contribution in [0.25, 0.3) is 32.7 Å². The van der Waals surface area contributed by atoms with Gasteiger partial charge in [0.1, 0.15) is 0 Å². The summed E-state index contributed by atoms with van der Waals surface area (Å²) in [6, 6.07) is 42.1. The molecule has 192 valence electrons. The molecule has 0 unspecified atom stereocenters. The molecule has 40 heavy (non-hydrogen) atoms. The number of fused-ring (bicyclic) bond motifs is 7. The number of hydrogen-bond donors (Lipinski definition) is 0. The van der Waals surface area contributed by atoms with E-state index >= 15 is 0 Å². The van der Waals surface area contributed by atoms with E-state index in [4.69, 9.17) is 9.47 Å². The van der Waals surface area contributed by atoms with Gasteiger partial charge in [0.25, 0.3) is 0 Å². The van der Waals surface area contributed by atoms with Crippen molar-refractivity contribution in [3.05, 3.63) is 156 Å². The van der Waals surface area contributed by atoms with Crippen LogP contribution in [0.4, 0.5) is 0 Å². The van der Waals surface area contributed by atoms with Crippen LogP contribution in [0.1, 0.15) is 44.1 Å². The average molecular weight is 521 g/mol. The molecule has 0 saturated heterocycles. The lowest BCUT2D eigenvalue weighted by Gasteiger charge is -2.30. The third-order valence-corrected chi connectivity index (χ3v) is 7.55. The van der Waals surface area contributed by atoms with E-state index in [9.17, 15) is 9.59 Å². The van der Waals surface area contributed by atoms with Gasteiger partial charge in [-0.05, 0) is 44.8 Å². The van der Waals surface area contributed by atoms with Gasteiger partial charge in [-0.1, -0.05) is 121 Å². The van der Waals surface area contributed by atoms with Crippen molar-refractivity contribution >= 4 is 33.5 Å². The minimum Gasteiger partial charge on any atom is -0.449 e. The monoisotopic (exact) mass is 520 g/mol. The topological polar surface area (TPSA) is 52.6 Å². The summed E-state index contributed by atoms with van der Waals surface area (Å²) in [7, 11) is 0. The lowest BCUT2D eigenvalue weighted by molar-refractivity contribution is -0.0389. The molecule has 7 rings (SSSR count). The molecule has 0 bridgehead atoms. The molecule has 0 aliphatic carbocycles. The van der Waals surface area contributed by atoms with Crippen LogP contribution in [0.15, 0.2) is 133 Å². The number of ether oxygens (including phenoxy) is 2. The fraction of sp³-hybridized carbons (Fsp3) is 0.0556. The Morgan fingerprint density at radius 1 is 0.400 bits per heavy atom. The second-order valence-corrected chi connectivity index (χ2v) is 9.89. The van der Waals surface area contributed by atoms with Crippen LogP contribution in [0.3, 0.4) is 0 Å². The van der Waals surface area contributed by atoms with E-state index in [1.807, 2.05) is 121 Å². The van der Waals surface area contributed by atoms with Crippen molar-refractivity contribution in [3.8, 4) is 11.1 Å². The van der Waals surface area contributed by atoms with Crippen molar-refractivity contribution in [2.24, 2.45) is 0 Å². The molecular formula is C36H24O4. The van der Waals surface area contributed by atoms with Crippen molar-refractivity contribution < 1.29 is 19.1 Å². The number of carbonyl (C=O) groups excluding carboxylic acids is 2. The fourth-order valence-corrected chi connectivity index (χ4v) is 5.67. The highest BCUT2D eigenvalue weighted by Gasteiger charge is 2.36. The zero-order valence-corrected chi connectivity index (χ0v) is 21.5. The van der Waals surface area contributed by atoms with E-state index in [0.717, 1.165) is 32.7 Å². The lowest BCUT2D eigenvalue weighted by Crippen LogP contribution is -2.25. The Labute approximate surface area is 231 Å². The Balaban J connectivity index is 1.55. The molecule has 0 aromatic heterocycles. The number of benzene rings is 6. The molecular weight excluding hydrogens is 496 g/mol. The molecule has 1 heterocycles. The first-order chi connectivity index (χ1) is 19.7. The van der Waals surface area contributed by atoms with E-state index in [2.05, 4.69) is 0 Å². The molecule has 6 aromatic carbocycles. The normalized spacial score (nSPS) is 17.0. The van der Waals surface area contributed by atoms with Crippen molar-refractivity contribution in [1.82, 2.24) is 0 Å². The second kappa shape index (κ2) is 9.83. The standard InChI is InChI=1S/C36H24O4/c37-35-29-21-19-23-11-7-9-17-27(23)31(29)32-28-18-10-8-12-24(28)20-22-30(32)36(38)40-34(26-15-5-2-6-16-26)33(39-35)25-13-3-1-4-14-25/h1-22,33-34H/t33-,34-/m0/s1. The van der Waals surface area contributed by atoms with Crippen LogP contribution >= 0.6 is 0 Å². The number of cyclic esters (lactones) is 2. The summed E-state index contributed by atoms with van der Waals surface area (Å²) in [6.45, 7) is 0. The van der Waals surface area contributed by atoms with E-state index in [0.29, 0.717) is 22.3 Å². The van der Waals surface area contributed by atoms with Gasteiger partial charge in [0.15, 0.2) is 12.2 Å². The molecule has 0 radical (unpaired) electrons. The Morgan fingerprint density at radius 2 is 0.775 bits per heavy atom. The molecule has 2 atom stereocenters. The first kappa shape index (κ1) is 23.9. The van der Waals surface area contributed by atoms with Crippen LogP contribution in [0.5, 0.6) is 0 Å². The smallest absolute Gasteiger partial charge is 0.339 e. The van der Waals surface area contributed by atoms with Gasteiger partial charge in [-0.2, -0.15) is 0 Å². The maximum atomic E-state index is 14.2. The van der Waals surface area contributed by atoms with Crippen molar-refractivity contribution in [2.75, 3.05) is 0 Å². The maximum absolute atomic E-state index is 14.2. The summed E-state index contributed by atoms with van der Waals surface area (Å²) in [6.07, 6.45) is -1.72. The predicted molar refractivity (Wildman–Crippen MR) is 156 cm³/mol. The van der Waals surface area contributed by atoms with Gasteiger partial charge in [-0.15, -0.1) is 0 Å². The Morgan fingerprint density at radius 3 is 1.20 bits per heavy atom. The summed E-state index contributed by atoms with van der Waals surface area (Å²) < 4.78 is 12.6. The molecule has 0 amide bonds. The average Bonchev–Trinajstić information content (AvgIpc) is 3.02. The van der Waals surface area contributed by atoms with Crippen LogP contribution in [-0.4, -0.2) is 11.9 Å². The summed E-state index contributed by atoms with van der Waals surface area (Å²) in [4.78, 5) is 28.4. The number of carbonyl (C=O) groups is 2. The number of rotatable bonds is 2. The fourth-order valence-electron chi connectivity index (χ4n) is 5.67. The molecule has 4 heteroatoms. The van der Waals surface area contributed by atoms with Crippen LogP contribution in [0, 0.1) is 0 Å². The van der Waals surface area contributed by atoms with Crippen LogP contribution in [-0.2, 0) is 9.47 Å². The quantitative estimate of drug-likeness (QED) is 0.215. The summed E-state index contributed by atoms with van der Waals surface area (Å²) in [5.41, 5.74) is 3.60. The first-order valence-corrected chi connectivity index (χ1v) is 13.2. The Kier molecular flexibility index (Phi) is 5.86. The molecule has 1 aliphatic heterocycles. The van der Waals surface area contributed by atoms with Gasteiger partial charge in [0.2, 0.25) is 0 Å². The number of hydrogen-bond acceptors (Lipinski definition) is 4. The summed E-state index contributed by atoms with van der Waals surface area (Å²) in [5, 5.41) is 3.64. The maximum Gasteiger partial charge on any atom is 0.339 e. The van der Waals surface area contributed by atoms with Gasteiger partial charge >= 0.3 is 11.9 Å². The Hall–Kier alpha value is -5.22. The minimum atomic E-state index is -0.860. The predicted octanol–water partition coefficient (Wildman–Crippen LogP) is 8.47. The summed E-state index contributed by atoms with van der Waals surface area (Å²) >= 11 is 0. The van der Waals surface area contributed by atoms with Crippen molar-refractivity contribution in [3.63, 3.8) is 0 Å². The minimum absolute atomic E-state index is 0.402. The lowest BCUT2D eigenvalue weighted by atomic mass is 9.86. The highest BCUT2D eigenvalue weighted by atomic mass is 16.6. The van der Waals surface area contributed by atoms with E-state index in [1.165, 1.54) is 0 Å². The van der Waals surface area contributed by atoms with Crippen LogP contribution in [0.2, 0.25) is 0 Å². The van der Waals surface area contributed by atoms with Crippen molar-refractivity contribution in [2.45, 2.75) is 12.2 Å². The largest absolute Gasteiger partial charge is 0.449 e. The highest BCUT2D eigenvalue weighted by Crippen LogP contribution is 2.44. The van der Waals surface area contributed by atoms with Crippen molar-refractivity contribution in [1.29, 1.82) is 0 Å². The second-order valence-electron chi connectivity index (χ2n) is 9.89. The third kappa shape index (κ3) is 4.02. The SMILES string of the molecule is O=C1O[C@@H](c2ccccc2)[C@H](c2ccccc2)OC(=O)c2ccc3ccccc3c2-c2c1ccc1ccccc21. The summed E-state index contributed by atoms with van der Waals surface area (Å²) in [5.74, 6) is -0.959. The first-order valence-electron chi connectivity index (χ1n) is 13.2. The van der Waals surface area contributed by atoms with E-state index in [-0.39, 0.29) is 0 Å². The molecule has 0 spiro atoms. The molecule has 0 fully saturated rings. The molecule has 0 N–H and O–H groups in total. The molecule has 6 aromatic rings. The third-order valence-electron chi connectivity index (χ3n) is 7.55. The zero-order chi connectivity index (χ0) is 27.1. The van der Waals surface area contributed by atoms with E-state index < -0.39 is 24.1 Å². The van der Waals surface area contributed by atoms with Gasteiger partial charge in [-0.25, -0.2) is 9.59 Å². The highest BCUT2D eigenvalue weighted by molar-refractivity contribution is 6.17. The molecule has 1 aliphatic rings. The number of esters is 2. The van der Waals surface area contributed by atoms with Gasteiger partial charge in [0, 0.05) is 11.1 Å². The van der Waals surface area contributed by atoms with E-state index in [1.54, 1.807) is 12.1 Å². The van der Waals surface area contributed by atoms with Gasteiger partial charge in [0.05, 0.1) is 11.1 Å². The van der Waals surface area contributed by atoms with Gasteiger partial charge in [-0.3, -0.25) is 0 Å². The Bertz CT molecular complexity index is 1750. The zero-order valence-electron chi connectivity index (χ0n) is 21.5. The van der Waals surface area contributed by atoms with Crippen LogP contribution < -0.4 is 0 Å².